The van der Waals surface area contributed by atoms with Gasteiger partial charge in [-0.1, -0.05) is 12.1 Å². The summed E-state index contributed by atoms with van der Waals surface area (Å²) in [6.07, 6.45) is 0. The fourth-order valence-corrected chi connectivity index (χ4v) is 3.65. The topological polar surface area (TPSA) is 109 Å². The van der Waals surface area contributed by atoms with Crippen LogP contribution >= 0.6 is 10.8 Å². The van der Waals surface area contributed by atoms with Gasteiger partial charge in [-0.15, -0.1) is 0 Å². The molecule has 0 saturated heterocycles. The number of benzene rings is 1. The van der Waals surface area contributed by atoms with Crippen molar-refractivity contribution in [2.45, 2.75) is 9.79 Å². The van der Waals surface area contributed by atoms with Crippen molar-refractivity contribution in [3.8, 4) is 0 Å². The molecule has 84 valence electrons. The van der Waals surface area contributed by atoms with Crippen molar-refractivity contribution in [3.05, 3.63) is 24.3 Å². The van der Waals surface area contributed by atoms with Gasteiger partial charge in [-0.3, -0.25) is 9.11 Å². The van der Waals surface area contributed by atoms with Gasteiger partial charge in [0.15, 0.2) is 0 Å². The highest BCUT2D eigenvalue weighted by Gasteiger charge is 2.19. The van der Waals surface area contributed by atoms with Crippen LogP contribution in [0.4, 0.5) is 0 Å². The molecule has 0 bridgehead atoms. The lowest BCUT2D eigenvalue weighted by Gasteiger charge is -2.03. The van der Waals surface area contributed by atoms with Crippen LogP contribution in [0.3, 0.4) is 0 Å². The molecule has 6 nitrogen and oxygen atoms in total. The van der Waals surface area contributed by atoms with Crippen molar-refractivity contribution in [1.82, 2.24) is 0 Å². The van der Waals surface area contributed by atoms with Gasteiger partial charge in [0.05, 0.1) is 0 Å². The van der Waals surface area contributed by atoms with Crippen molar-refractivity contribution in [1.29, 1.82) is 0 Å². The van der Waals surface area contributed by atoms with E-state index in [0.717, 1.165) is 12.1 Å². The Kier molecular flexibility index (Phi) is 3.41. The van der Waals surface area contributed by atoms with Crippen LogP contribution < -0.4 is 0 Å². The summed E-state index contributed by atoms with van der Waals surface area (Å²) in [6.45, 7) is 0. The monoisotopic (exact) mass is 270 g/mol. The predicted molar refractivity (Wildman–Crippen MR) is 53.7 cm³/mol. The molecular weight excluding hydrogens is 264 g/mol. The van der Waals surface area contributed by atoms with Crippen molar-refractivity contribution in [2.75, 3.05) is 0 Å². The Hall–Kier alpha value is -0.610. The first-order chi connectivity index (χ1) is 6.70. The molecule has 0 fully saturated rings. The minimum atomic E-state index is -4.50. The van der Waals surface area contributed by atoms with E-state index in [-0.39, 0.29) is 15.7 Å². The van der Waals surface area contributed by atoms with Crippen molar-refractivity contribution in [3.63, 3.8) is 0 Å². The Bertz CT molecular complexity index is 558. The third-order valence-electron chi connectivity index (χ3n) is 1.32. The zero-order valence-electron chi connectivity index (χ0n) is 7.06. The molecule has 0 spiro atoms. The molecule has 0 aromatic heterocycles. The van der Waals surface area contributed by atoms with Gasteiger partial charge in [0.1, 0.15) is 4.90 Å². The lowest BCUT2D eigenvalue weighted by molar-refractivity contribution is 0.481. The van der Waals surface area contributed by atoms with Gasteiger partial charge in [-0.25, -0.2) is 0 Å². The molecule has 1 aromatic carbocycles. The Balaban J connectivity index is 3.32. The van der Waals surface area contributed by atoms with Gasteiger partial charge >= 0.3 is 9.15 Å². The molecule has 0 atom stereocenters. The minimum absolute atomic E-state index is 0.0572. The molecule has 0 heterocycles. The molecule has 9 heteroatoms. The number of rotatable bonds is 3. The highest BCUT2D eigenvalue weighted by atomic mass is 33.1. The standard InChI is InChI=1S/C6H6O6S3/c7-14(8,9)6-4-2-1-3-5(6)13-15(10,11)12/h1-4H,(H,7,8,9)(H,10,11,12). The third-order valence-corrected chi connectivity index (χ3v) is 4.28. The predicted octanol–water partition coefficient (Wildman–Crippen LogP) is 0.828. The first kappa shape index (κ1) is 12.5. The van der Waals surface area contributed by atoms with E-state index in [2.05, 4.69) is 0 Å². The van der Waals surface area contributed by atoms with Crippen LogP contribution in [0.2, 0.25) is 0 Å². The Morgan fingerprint density at radius 1 is 1.00 bits per heavy atom. The van der Waals surface area contributed by atoms with E-state index in [1.807, 2.05) is 0 Å². The summed E-state index contributed by atoms with van der Waals surface area (Å²) < 4.78 is 59.9. The van der Waals surface area contributed by atoms with Crippen LogP contribution in [-0.2, 0) is 19.3 Å². The van der Waals surface area contributed by atoms with Gasteiger partial charge in [0.2, 0.25) is 0 Å². The zero-order valence-corrected chi connectivity index (χ0v) is 9.51. The van der Waals surface area contributed by atoms with E-state index in [1.165, 1.54) is 12.1 Å². The van der Waals surface area contributed by atoms with Crippen molar-refractivity contribution in [2.24, 2.45) is 0 Å². The summed E-state index contributed by atoms with van der Waals surface area (Å²) in [6, 6.07) is 4.88. The van der Waals surface area contributed by atoms with Gasteiger partial charge in [0.25, 0.3) is 10.1 Å². The smallest absolute Gasteiger partial charge is 0.282 e. The average molecular weight is 270 g/mol. The van der Waals surface area contributed by atoms with E-state index >= 15 is 0 Å². The van der Waals surface area contributed by atoms with E-state index in [9.17, 15) is 16.8 Å². The highest BCUT2D eigenvalue weighted by molar-refractivity contribution is 8.69. The van der Waals surface area contributed by atoms with Crippen LogP contribution in [-0.4, -0.2) is 25.9 Å². The van der Waals surface area contributed by atoms with Crippen LogP contribution in [0, 0.1) is 0 Å². The average Bonchev–Trinajstić information content (AvgIpc) is 1.99. The van der Waals surface area contributed by atoms with E-state index < -0.39 is 24.2 Å². The summed E-state index contributed by atoms with van der Waals surface area (Å²) in [5.41, 5.74) is 0. The molecule has 0 aliphatic rings. The van der Waals surface area contributed by atoms with E-state index in [4.69, 9.17) is 9.11 Å². The molecule has 0 unspecified atom stereocenters. The second-order valence-corrected chi connectivity index (χ2v) is 7.05. The molecule has 1 aromatic rings. The Morgan fingerprint density at radius 3 is 2.00 bits per heavy atom. The number of hydrogen-bond donors (Lipinski definition) is 2. The largest absolute Gasteiger partial charge is 0.324 e. The maximum absolute atomic E-state index is 10.8. The van der Waals surface area contributed by atoms with Gasteiger partial charge in [-0.05, 0) is 12.1 Å². The SMILES string of the molecule is O=S(=O)(O)Sc1ccccc1S(=O)(=O)O. The van der Waals surface area contributed by atoms with Crippen LogP contribution in [0.5, 0.6) is 0 Å². The summed E-state index contributed by atoms with van der Waals surface area (Å²) >= 11 is 0. The minimum Gasteiger partial charge on any atom is -0.282 e. The molecular formula is C6H6O6S3. The zero-order chi connectivity index (χ0) is 11.7. The normalized spacial score (nSPS) is 12.7. The van der Waals surface area contributed by atoms with Crippen LogP contribution in [0.25, 0.3) is 0 Å². The Labute approximate surface area is 90.2 Å². The maximum atomic E-state index is 10.8. The summed E-state index contributed by atoms with van der Waals surface area (Å²) in [4.78, 5) is -0.824. The van der Waals surface area contributed by atoms with Gasteiger partial charge in [0, 0.05) is 15.7 Å². The molecule has 0 aliphatic carbocycles. The second-order valence-electron chi connectivity index (χ2n) is 2.43. The van der Waals surface area contributed by atoms with Crippen molar-refractivity contribution < 1.29 is 25.9 Å². The maximum Gasteiger partial charge on any atom is 0.324 e. The van der Waals surface area contributed by atoms with Gasteiger partial charge in [-0.2, -0.15) is 16.8 Å². The lowest BCUT2D eigenvalue weighted by Crippen LogP contribution is -2.01. The van der Waals surface area contributed by atoms with E-state index in [0.29, 0.717) is 0 Å². The second kappa shape index (κ2) is 4.10. The molecule has 1 rings (SSSR count). The molecule has 0 aliphatic heterocycles. The lowest BCUT2D eigenvalue weighted by atomic mass is 10.4. The first-order valence-corrected chi connectivity index (χ1v) is 7.65. The molecule has 2 N–H and O–H groups in total. The molecule has 0 radical (unpaired) electrons. The Morgan fingerprint density at radius 2 is 1.53 bits per heavy atom. The molecule has 0 amide bonds. The molecule has 15 heavy (non-hydrogen) atoms. The third kappa shape index (κ3) is 3.80. The molecule has 0 saturated carbocycles. The fraction of sp³-hybridized carbons (Fsp3) is 0. The summed E-state index contributed by atoms with van der Waals surface area (Å²) in [5.74, 6) is 0. The summed E-state index contributed by atoms with van der Waals surface area (Å²) in [7, 11) is -8.98. The number of hydrogen-bond acceptors (Lipinski definition) is 5. The highest BCUT2D eigenvalue weighted by Crippen LogP contribution is 2.29. The quantitative estimate of drug-likeness (QED) is 0.618. The summed E-state index contributed by atoms with van der Waals surface area (Å²) in [5, 5.41) is 0. The van der Waals surface area contributed by atoms with Crippen LogP contribution in [0.1, 0.15) is 0 Å². The first-order valence-electron chi connectivity index (χ1n) is 3.43. The van der Waals surface area contributed by atoms with Crippen LogP contribution in [0.15, 0.2) is 34.1 Å². The van der Waals surface area contributed by atoms with E-state index in [1.54, 1.807) is 0 Å². The van der Waals surface area contributed by atoms with Crippen molar-refractivity contribution >= 4 is 30.1 Å². The van der Waals surface area contributed by atoms with Gasteiger partial charge < -0.3 is 0 Å². The fourth-order valence-electron chi connectivity index (χ4n) is 0.846.